The Kier molecular flexibility index (Phi) is 8.50. The number of aromatic nitrogens is 3. The molecule has 0 unspecified atom stereocenters. The van der Waals surface area contributed by atoms with Crippen molar-refractivity contribution in [3.63, 3.8) is 0 Å². The lowest BCUT2D eigenvalue weighted by atomic mass is 9.79. The van der Waals surface area contributed by atoms with Crippen LogP contribution >= 0.6 is 0 Å². The summed E-state index contributed by atoms with van der Waals surface area (Å²) in [6.07, 6.45) is 2.06. The van der Waals surface area contributed by atoms with Crippen molar-refractivity contribution in [3.8, 4) is 45.2 Å². The maximum Gasteiger partial charge on any atom is 0.149 e. The van der Waals surface area contributed by atoms with E-state index in [1.54, 1.807) is 0 Å². The third kappa shape index (κ3) is 6.26. The van der Waals surface area contributed by atoms with E-state index in [1.165, 1.54) is 5.19 Å². The van der Waals surface area contributed by atoms with E-state index in [4.69, 9.17) is 14.4 Å². The molecule has 8 aromatic rings. The largest absolute Gasteiger partial charge is 0.507 e. The third-order valence-electron chi connectivity index (χ3n) is 11.1. The Balaban J connectivity index is 1.48. The van der Waals surface area contributed by atoms with E-state index >= 15 is 0 Å². The number of aryl methyl sites for hydroxylation is 2. The summed E-state index contributed by atoms with van der Waals surface area (Å²) in [5.74, 6) is 0.967. The van der Waals surface area contributed by atoms with Gasteiger partial charge in [0.25, 0.3) is 0 Å². The van der Waals surface area contributed by atoms with E-state index in [0.29, 0.717) is 5.82 Å². The number of imidazole rings is 1. The molecular weight excluding hydrogens is 691 g/mol. The Bertz CT molecular complexity index is 2760. The normalized spacial score (nSPS) is 12.7. The molecule has 55 heavy (non-hydrogen) atoms. The Morgan fingerprint density at radius 1 is 0.691 bits per heavy atom. The molecule has 0 aliphatic carbocycles. The van der Waals surface area contributed by atoms with Crippen LogP contribution in [0.5, 0.6) is 5.75 Å². The second-order valence-corrected chi connectivity index (χ2v) is 23.4. The van der Waals surface area contributed by atoms with Gasteiger partial charge in [-0.1, -0.05) is 122 Å². The summed E-state index contributed by atoms with van der Waals surface area (Å²) in [5.41, 5.74) is 12.9. The summed E-state index contributed by atoms with van der Waals surface area (Å²) in [7, 11) is -1.53. The highest BCUT2D eigenvalue weighted by molar-refractivity contribution is 6.88. The number of hydrogen-bond acceptors (Lipinski definition) is 4. The van der Waals surface area contributed by atoms with Crippen molar-refractivity contribution < 1.29 is 9.52 Å². The number of furan rings is 1. The van der Waals surface area contributed by atoms with Gasteiger partial charge in [-0.3, -0.25) is 9.55 Å². The number of phenolic OH excluding ortho intramolecular Hbond substituents is 1. The number of rotatable bonds is 5. The van der Waals surface area contributed by atoms with Crippen molar-refractivity contribution in [2.24, 2.45) is 0 Å². The van der Waals surface area contributed by atoms with Crippen LogP contribution in [0.2, 0.25) is 19.6 Å². The van der Waals surface area contributed by atoms with E-state index in [-0.39, 0.29) is 16.6 Å². The van der Waals surface area contributed by atoms with Crippen LogP contribution in [0.25, 0.3) is 72.4 Å². The van der Waals surface area contributed by atoms with Gasteiger partial charge in [0.05, 0.1) is 36.1 Å². The highest BCUT2D eigenvalue weighted by Crippen LogP contribution is 2.46. The molecule has 5 nitrogen and oxygen atoms in total. The lowest BCUT2D eigenvalue weighted by molar-refractivity contribution is 0.446. The van der Waals surface area contributed by atoms with Crippen LogP contribution in [0.4, 0.5) is 0 Å². The fourth-order valence-corrected chi connectivity index (χ4v) is 8.91. The van der Waals surface area contributed by atoms with E-state index in [9.17, 15) is 5.11 Å². The highest BCUT2D eigenvalue weighted by Gasteiger charge is 2.30. The lowest BCUT2D eigenvalue weighted by Gasteiger charge is -2.27. The van der Waals surface area contributed by atoms with Gasteiger partial charge in [-0.25, -0.2) is 4.98 Å². The number of phenols is 1. The summed E-state index contributed by atoms with van der Waals surface area (Å²) >= 11 is 0. The topological polar surface area (TPSA) is 64.1 Å². The maximum absolute atomic E-state index is 12.3. The minimum atomic E-state index is -1.53. The van der Waals surface area contributed by atoms with Gasteiger partial charge in [0.15, 0.2) is 0 Å². The molecule has 8 rings (SSSR count). The molecule has 1 N–H and O–H groups in total. The number of fused-ring (bicyclic) bond motifs is 4. The molecule has 0 radical (unpaired) electrons. The smallest absolute Gasteiger partial charge is 0.149 e. The number of aromatic hydroxyl groups is 1. The lowest BCUT2D eigenvalue weighted by Crippen LogP contribution is -2.37. The van der Waals surface area contributed by atoms with Gasteiger partial charge in [0.1, 0.15) is 22.7 Å². The van der Waals surface area contributed by atoms with Crippen molar-refractivity contribution >= 4 is 46.2 Å². The fourth-order valence-electron chi connectivity index (χ4n) is 7.87. The fraction of sp³-hybridized carbons (Fsp3) is 0.265. The first-order valence-electron chi connectivity index (χ1n) is 19.3. The van der Waals surface area contributed by atoms with Crippen molar-refractivity contribution in [2.75, 3.05) is 0 Å². The number of para-hydroxylation sites is 3. The molecule has 0 saturated heterocycles. The first kappa shape index (κ1) is 36.5. The molecule has 3 aromatic heterocycles. The first-order valence-corrected chi connectivity index (χ1v) is 22.8. The number of pyridine rings is 1. The summed E-state index contributed by atoms with van der Waals surface area (Å²) in [6.45, 7) is 24.5. The second-order valence-electron chi connectivity index (χ2n) is 18.3. The molecule has 0 atom stereocenters. The van der Waals surface area contributed by atoms with Crippen molar-refractivity contribution in [1.82, 2.24) is 14.5 Å². The predicted molar refractivity (Wildman–Crippen MR) is 234 cm³/mol. The monoisotopic (exact) mass is 741 g/mol. The molecule has 0 saturated carbocycles. The van der Waals surface area contributed by atoms with Crippen LogP contribution in [0.1, 0.15) is 63.8 Å². The molecule has 0 bridgehead atoms. The van der Waals surface area contributed by atoms with Crippen molar-refractivity contribution in [2.45, 2.75) is 85.9 Å². The van der Waals surface area contributed by atoms with Gasteiger partial charge in [0, 0.05) is 39.2 Å². The molecule has 0 aliphatic rings. The Hall–Kier alpha value is -5.46. The second kappa shape index (κ2) is 12.8. The van der Waals surface area contributed by atoms with Crippen LogP contribution in [0.3, 0.4) is 0 Å². The van der Waals surface area contributed by atoms with Crippen molar-refractivity contribution in [1.29, 1.82) is 0 Å². The van der Waals surface area contributed by atoms with E-state index in [2.05, 4.69) is 171 Å². The Morgan fingerprint density at radius 3 is 2.05 bits per heavy atom. The van der Waals surface area contributed by atoms with Gasteiger partial charge < -0.3 is 9.52 Å². The summed E-state index contributed by atoms with van der Waals surface area (Å²) in [5, 5.41) is 15.7. The molecular formula is C49H51N3O2Si. The standard InChI is InChI=1S/C49H51N3O2Si/c1-29-16-14-17-30(2)44(29)52-41-20-15-19-35(43(41)51-47(52)38-26-32(48(3,4)5)27-39(45(38)53)49(6,7)8)37-25-31(40-23-22-33(28-50-40)55(9,10)11)24-36-34-18-12-13-21-42(34)54-46(36)37/h12-28,53H,1-11H3. The highest BCUT2D eigenvalue weighted by atomic mass is 28.3. The molecule has 0 spiro atoms. The van der Waals surface area contributed by atoms with Crippen LogP contribution in [0, 0.1) is 13.8 Å². The minimum Gasteiger partial charge on any atom is -0.507 e. The van der Waals surface area contributed by atoms with Crippen molar-refractivity contribution in [3.05, 3.63) is 126 Å². The number of benzene rings is 5. The van der Waals surface area contributed by atoms with Crippen LogP contribution in [-0.4, -0.2) is 27.7 Å². The zero-order valence-corrected chi connectivity index (χ0v) is 35.0. The molecule has 0 fully saturated rings. The van der Waals surface area contributed by atoms with Crippen LogP contribution in [-0.2, 0) is 10.8 Å². The Labute approximate surface area is 325 Å². The first-order chi connectivity index (χ1) is 25.9. The molecule has 0 amide bonds. The molecule has 278 valence electrons. The summed E-state index contributed by atoms with van der Waals surface area (Å²) < 4.78 is 8.98. The predicted octanol–water partition coefficient (Wildman–Crippen LogP) is 12.8. The number of nitrogens with zero attached hydrogens (tertiary/aromatic N) is 3. The zero-order valence-electron chi connectivity index (χ0n) is 34.0. The van der Waals surface area contributed by atoms with Crippen LogP contribution in [0.15, 0.2) is 108 Å². The van der Waals surface area contributed by atoms with E-state index in [1.807, 2.05) is 12.1 Å². The van der Waals surface area contributed by atoms with Gasteiger partial charge in [0.2, 0.25) is 0 Å². The van der Waals surface area contributed by atoms with E-state index in [0.717, 1.165) is 88.9 Å². The Morgan fingerprint density at radius 2 is 1.40 bits per heavy atom. The average molecular weight is 742 g/mol. The van der Waals surface area contributed by atoms with Gasteiger partial charge in [-0.05, 0) is 83.0 Å². The van der Waals surface area contributed by atoms with Gasteiger partial charge in [-0.2, -0.15) is 0 Å². The summed E-state index contributed by atoms with van der Waals surface area (Å²) in [4.78, 5) is 10.6. The molecule has 0 aliphatic heterocycles. The molecule has 6 heteroatoms. The van der Waals surface area contributed by atoms with Gasteiger partial charge >= 0.3 is 0 Å². The zero-order chi connectivity index (χ0) is 39.2. The maximum atomic E-state index is 12.3. The van der Waals surface area contributed by atoms with E-state index < -0.39 is 8.07 Å². The summed E-state index contributed by atoms with van der Waals surface area (Å²) in [6, 6.07) is 34.2. The van der Waals surface area contributed by atoms with Gasteiger partial charge in [-0.15, -0.1) is 0 Å². The average Bonchev–Trinajstić information content (AvgIpc) is 3.69. The third-order valence-corrected chi connectivity index (χ3v) is 13.1. The molecule has 3 heterocycles. The molecule has 5 aromatic carbocycles. The van der Waals surface area contributed by atoms with Crippen LogP contribution < -0.4 is 5.19 Å². The minimum absolute atomic E-state index is 0.155. The number of hydrogen-bond donors (Lipinski definition) is 1. The SMILES string of the molecule is Cc1cccc(C)c1-n1c(-c2cc(C(C)(C)C)cc(C(C)(C)C)c2O)nc2c(-c3cc(-c4ccc([Si](C)(C)C)cn4)cc4c3oc3ccccc34)cccc21. The quantitative estimate of drug-likeness (QED) is 0.178.